The van der Waals surface area contributed by atoms with E-state index in [0.29, 0.717) is 13.2 Å². The van der Waals surface area contributed by atoms with E-state index in [2.05, 4.69) is 5.32 Å². The van der Waals surface area contributed by atoms with Crippen LogP contribution in [0.4, 0.5) is 5.69 Å². The van der Waals surface area contributed by atoms with Crippen molar-refractivity contribution in [2.45, 2.75) is 6.92 Å². The average Bonchev–Trinajstić information content (AvgIpc) is 2.17. The van der Waals surface area contributed by atoms with E-state index < -0.39 is 0 Å². The number of ether oxygens (including phenoxy) is 1. The highest BCUT2D eigenvalue weighted by atomic mass is 16.5. The molecule has 0 spiro atoms. The number of rotatable bonds is 5. The monoisotopic (exact) mass is 222 g/mol. The van der Waals surface area contributed by atoms with Crippen molar-refractivity contribution in [3.8, 4) is 5.75 Å². The molecule has 1 rings (SSSR count). The fourth-order valence-corrected chi connectivity index (χ4v) is 1.32. The molecule has 0 atom stereocenters. The molecule has 16 heavy (non-hydrogen) atoms. The van der Waals surface area contributed by atoms with E-state index in [0.717, 1.165) is 11.4 Å². The Balaban J connectivity index is 2.59. The first-order valence-electron chi connectivity index (χ1n) is 5.29. The summed E-state index contributed by atoms with van der Waals surface area (Å²) in [6, 6.07) is 7.38. The van der Waals surface area contributed by atoms with Crippen molar-refractivity contribution < 1.29 is 9.53 Å². The summed E-state index contributed by atoms with van der Waals surface area (Å²) in [5.41, 5.74) is 0.762. The Hall–Kier alpha value is -1.55. The molecule has 0 heterocycles. The Labute approximate surface area is 96.2 Å². The molecule has 0 aliphatic heterocycles. The molecule has 0 radical (unpaired) electrons. The molecule has 88 valence electrons. The SMILES string of the molecule is CCOc1cccc(NC(=O)CN(C)C)c1. The summed E-state index contributed by atoms with van der Waals surface area (Å²) in [6.45, 7) is 2.92. The van der Waals surface area contributed by atoms with E-state index in [1.54, 1.807) is 0 Å². The molecule has 0 saturated carbocycles. The van der Waals surface area contributed by atoms with Gasteiger partial charge in [0.05, 0.1) is 13.2 Å². The third-order valence-corrected chi connectivity index (χ3v) is 1.89. The van der Waals surface area contributed by atoms with Crippen LogP contribution in [0.15, 0.2) is 24.3 Å². The van der Waals surface area contributed by atoms with Crippen LogP contribution in [0, 0.1) is 0 Å². The van der Waals surface area contributed by atoms with E-state index >= 15 is 0 Å². The van der Waals surface area contributed by atoms with Crippen molar-refractivity contribution in [1.82, 2.24) is 4.90 Å². The number of carbonyl (C=O) groups excluding carboxylic acids is 1. The predicted octanol–water partition coefficient (Wildman–Crippen LogP) is 1.59. The van der Waals surface area contributed by atoms with Crippen molar-refractivity contribution in [3.05, 3.63) is 24.3 Å². The minimum atomic E-state index is -0.0290. The molecule has 1 aromatic carbocycles. The fourth-order valence-electron chi connectivity index (χ4n) is 1.32. The third kappa shape index (κ3) is 4.31. The van der Waals surface area contributed by atoms with E-state index in [9.17, 15) is 4.79 Å². The Kier molecular flexibility index (Phi) is 4.79. The summed E-state index contributed by atoms with van der Waals surface area (Å²) in [6.07, 6.45) is 0. The maximum absolute atomic E-state index is 11.5. The molecule has 4 heteroatoms. The summed E-state index contributed by atoms with van der Waals surface area (Å²) in [5.74, 6) is 0.740. The normalized spacial score (nSPS) is 10.2. The van der Waals surface area contributed by atoms with E-state index in [-0.39, 0.29) is 5.91 Å². The lowest BCUT2D eigenvalue weighted by molar-refractivity contribution is -0.116. The standard InChI is InChI=1S/C12H18N2O2/c1-4-16-11-7-5-6-10(8-11)13-12(15)9-14(2)3/h5-8H,4,9H2,1-3H3,(H,13,15). The van der Waals surface area contributed by atoms with Gasteiger partial charge in [-0.15, -0.1) is 0 Å². The van der Waals surface area contributed by atoms with Crippen molar-refractivity contribution in [2.24, 2.45) is 0 Å². The number of anilines is 1. The zero-order chi connectivity index (χ0) is 12.0. The van der Waals surface area contributed by atoms with Crippen LogP contribution in [-0.4, -0.2) is 38.1 Å². The van der Waals surface area contributed by atoms with Crippen LogP contribution in [0.2, 0.25) is 0 Å². The molecule has 0 unspecified atom stereocenters. The largest absolute Gasteiger partial charge is 0.494 e. The van der Waals surface area contributed by atoms with Crippen LogP contribution in [-0.2, 0) is 4.79 Å². The van der Waals surface area contributed by atoms with Gasteiger partial charge in [-0.2, -0.15) is 0 Å². The topological polar surface area (TPSA) is 41.6 Å². The number of carbonyl (C=O) groups is 1. The first kappa shape index (κ1) is 12.5. The molecule has 0 saturated heterocycles. The summed E-state index contributed by atoms with van der Waals surface area (Å²) < 4.78 is 5.35. The van der Waals surface area contributed by atoms with Crippen LogP contribution < -0.4 is 10.1 Å². The number of nitrogens with zero attached hydrogens (tertiary/aromatic N) is 1. The fraction of sp³-hybridized carbons (Fsp3) is 0.417. The number of nitrogens with one attached hydrogen (secondary N) is 1. The van der Waals surface area contributed by atoms with Gasteiger partial charge in [-0.05, 0) is 33.2 Å². The molecular formula is C12H18N2O2. The Morgan fingerprint density at radius 3 is 2.81 bits per heavy atom. The van der Waals surface area contributed by atoms with Gasteiger partial charge in [-0.3, -0.25) is 4.79 Å². The van der Waals surface area contributed by atoms with Gasteiger partial charge in [0.15, 0.2) is 0 Å². The van der Waals surface area contributed by atoms with Crippen LogP contribution in [0.25, 0.3) is 0 Å². The van der Waals surface area contributed by atoms with E-state index in [4.69, 9.17) is 4.74 Å². The second-order valence-electron chi connectivity index (χ2n) is 3.75. The highest BCUT2D eigenvalue weighted by Crippen LogP contribution is 2.17. The molecule has 4 nitrogen and oxygen atoms in total. The summed E-state index contributed by atoms with van der Waals surface area (Å²) in [5, 5.41) is 2.81. The van der Waals surface area contributed by atoms with Crippen molar-refractivity contribution in [1.29, 1.82) is 0 Å². The highest BCUT2D eigenvalue weighted by molar-refractivity contribution is 5.92. The van der Waals surface area contributed by atoms with Gasteiger partial charge in [0.25, 0.3) is 0 Å². The quantitative estimate of drug-likeness (QED) is 0.822. The summed E-state index contributed by atoms with van der Waals surface area (Å²) >= 11 is 0. The molecule has 0 aliphatic carbocycles. The number of hydrogen-bond donors (Lipinski definition) is 1. The number of likely N-dealkylation sites (N-methyl/N-ethyl adjacent to an activating group) is 1. The number of amides is 1. The second-order valence-corrected chi connectivity index (χ2v) is 3.75. The maximum atomic E-state index is 11.5. The average molecular weight is 222 g/mol. The second kappa shape index (κ2) is 6.12. The van der Waals surface area contributed by atoms with E-state index in [1.807, 2.05) is 50.2 Å². The van der Waals surface area contributed by atoms with Crippen molar-refractivity contribution in [2.75, 3.05) is 32.6 Å². The zero-order valence-corrected chi connectivity index (χ0v) is 9.99. The van der Waals surface area contributed by atoms with Crippen molar-refractivity contribution in [3.63, 3.8) is 0 Å². The van der Waals surface area contributed by atoms with Crippen LogP contribution in [0.1, 0.15) is 6.92 Å². The molecule has 1 aromatic rings. The van der Waals surface area contributed by atoms with Gasteiger partial charge in [-0.1, -0.05) is 6.07 Å². The Bertz CT molecular complexity index is 351. The lowest BCUT2D eigenvalue weighted by Gasteiger charge is -2.11. The van der Waals surface area contributed by atoms with Gasteiger partial charge < -0.3 is 15.0 Å². The lowest BCUT2D eigenvalue weighted by atomic mass is 10.3. The Morgan fingerprint density at radius 2 is 2.19 bits per heavy atom. The summed E-state index contributed by atoms with van der Waals surface area (Å²) in [4.78, 5) is 13.3. The van der Waals surface area contributed by atoms with Crippen molar-refractivity contribution >= 4 is 11.6 Å². The van der Waals surface area contributed by atoms with Gasteiger partial charge in [0, 0.05) is 11.8 Å². The van der Waals surface area contributed by atoms with Gasteiger partial charge in [0.2, 0.25) is 5.91 Å². The number of benzene rings is 1. The third-order valence-electron chi connectivity index (χ3n) is 1.89. The minimum absolute atomic E-state index is 0.0290. The first-order valence-corrected chi connectivity index (χ1v) is 5.29. The molecular weight excluding hydrogens is 204 g/mol. The molecule has 0 fully saturated rings. The summed E-state index contributed by atoms with van der Waals surface area (Å²) in [7, 11) is 3.71. The smallest absolute Gasteiger partial charge is 0.238 e. The molecule has 0 bridgehead atoms. The molecule has 0 aromatic heterocycles. The number of hydrogen-bond acceptors (Lipinski definition) is 3. The van der Waals surface area contributed by atoms with Gasteiger partial charge >= 0.3 is 0 Å². The Morgan fingerprint density at radius 1 is 1.44 bits per heavy atom. The maximum Gasteiger partial charge on any atom is 0.238 e. The zero-order valence-electron chi connectivity index (χ0n) is 9.99. The molecule has 0 aliphatic rings. The minimum Gasteiger partial charge on any atom is -0.494 e. The predicted molar refractivity (Wildman–Crippen MR) is 64.8 cm³/mol. The molecule has 1 N–H and O–H groups in total. The van der Waals surface area contributed by atoms with Gasteiger partial charge in [-0.25, -0.2) is 0 Å². The van der Waals surface area contributed by atoms with Crippen LogP contribution >= 0.6 is 0 Å². The van der Waals surface area contributed by atoms with Gasteiger partial charge in [0.1, 0.15) is 5.75 Å². The van der Waals surface area contributed by atoms with E-state index in [1.165, 1.54) is 0 Å². The highest BCUT2D eigenvalue weighted by Gasteiger charge is 2.04. The first-order chi connectivity index (χ1) is 7.61. The van der Waals surface area contributed by atoms with Crippen LogP contribution in [0.5, 0.6) is 5.75 Å². The molecule has 1 amide bonds. The van der Waals surface area contributed by atoms with Crippen LogP contribution in [0.3, 0.4) is 0 Å². The lowest BCUT2D eigenvalue weighted by Crippen LogP contribution is -2.27.